The number of aromatic nitrogens is 2. The fourth-order valence-electron chi connectivity index (χ4n) is 0.705. The molecule has 0 saturated carbocycles. The van der Waals surface area contributed by atoms with Crippen molar-refractivity contribution >= 4 is 18.0 Å². The molecule has 0 N–H and O–H groups in total. The van der Waals surface area contributed by atoms with Crippen molar-refractivity contribution in [1.82, 2.24) is 9.55 Å². The minimum absolute atomic E-state index is 0.608. The number of anilines is 1. The minimum Gasteiger partial charge on any atom is -0.363 e. The third-order valence-corrected chi connectivity index (χ3v) is 1.80. The zero-order valence-corrected chi connectivity index (χ0v) is 7.72. The highest BCUT2D eigenvalue weighted by Crippen LogP contribution is 2.03. The molecule has 1 aromatic rings. The van der Waals surface area contributed by atoms with Gasteiger partial charge in [-0.25, -0.2) is 4.98 Å². The normalized spacial score (nSPS) is 9.73. The molecule has 0 spiro atoms. The monoisotopic (exact) mass is 169 g/mol. The summed E-state index contributed by atoms with van der Waals surface area (Å²) in [5.41, 5.74) is 0. The predicted octanol–water partition coefficient (Wildman–Crippen LogP) is 1.22. The van der Waals surface area contributed by atoms with E-state index in [-0.39, 0.29) is 0 Å². The molecule has 0 bridgehead atoms. The molecule has 60 valence electrons. The maximum Gasteiger partial charge on any atom is 0.201 e. The van der Waals surface area contributed by atoms with Crippen LogP contribution in [-0.2, 0) is 7.05 Å². The Hall–Kier alpha value is -0.900. The molecule has 0 unspecified atom stereocenters. The van der Waals surface area contributed by atoms with Gasteiger partial charge in [0.1, 0.15) is 5.82 Å². The highest BCUT2D eigenvalue weighted by atomic mass is 32.1. The summed E-state index contributed by atoms with van der Waals surface area (Å²) in [6.45, 7) is 0. The molecule has 0 amide bonds. The Morgan fingerprint density at radius 1 is 1.55 bits per heavy atom. The first kappa shape index (κ1) is 8.20. The average Bonchev–Trinajstić information content (AvgIpc) is 1.94. The highest BCUT2D eigenvalue weighted by molar-refractivity contribution is 7.71. The third-order valence-electron chi connectivity index (χ3n) is 1.42. The molecule has 0 aromatic carbocycles. The van der Waals surface area contributed by atoms with Gasteiger partial charge in [-0.1, -0.05) is 0 Å². The molecule has 4 heteroatoms. The van der Waals surface area contributed by atoms with E-state index in [1.54, 1.807) is 0 Å². The van der Waals surface area contributed by atoms with Gasteiger partial charge in [-0.05, 0) is 18.3 Å². The molecule has 0 atom stereocenters. The van der Waals surface area contributed by atoms with Crippen LogP contribution in [0.25, 0.3) is 0 Å². The summed E-state index contributed by atoms with van der Waals surface area (Å²) in [5.74, 6) is 0.896. The van der Waals surface area contributed by atoms with Crippen LogP contribution in [0, 0.1) is 4.77 Å². The van der Waals surface area contributed by atoms with Crippen molar-refractivity contribution < 1.29 is 0 Å². The van der Waals surface area contributed by atoms with Crippen LogP contribution in [0.15, 0.2) is 12.3 Å². The fourth-order valence-corrected chi connectivity index (χ4v) is 0.860. The molecule has 1 heterocycles. The van der Waals surface area contributed by atoms with Crippen LogP contribution in [0.4, 0.5) is 5.82 Å². The Morgan fingerprint density at radius 2 is 2.18 bits per heavy atom. The molecule has 0 saturated heterocycles. The van der Waals surface area contributed by atoms with E-state index in [9.17, 15) is 0 Å². The summed E-state index contributed by atoms with van der Waals surface area (Å²) in [6, 6.07) is 1.93. The zero-order chi connectivity index (χ0) is 8.43. The van der Waals surface area contributed by atoms with Gasteiger partial charge in [0.25, 0.3) is 0 Å². The van der Waals surface area contributed by atoms with Gasteiger partial charge in [0.05, 0.1) is 0 Å². The number of hydrogen-bond donors (Lipinski definition) is 0. The molecule has 0 aliphatic carbocycles. The van der Waals surface area contributed by atoms with Gasteiger partial charge in [0, 0.05) is 27.3 Å². The number of rotatable bonds is 1. The van der Waals surface area contributed by atoms with Crippen LogP contribution < -0.4 is 4.90 Å². The molecule has 3 nitrogen and oxygen atoms in total. The summed E-state index contributed by atoms with van der Waals surface area (Å²) >= 11 is 4.99. The summed E-state index contributed by atoms with van der Waals surface area (Å²) in [7, 11) is 5.77. The van der Waals surface area contributed by atoms with Crippen LogP contribution in [0.5, 0.6) is 0 Å². The maximum absolute atomic E-state index is 4.99. The molecule has 11 heavy (non-hydrogen) atoms. The average molecular weight is 169 g/mol. The smallest absolute Gasteiger partial charge is 0.201 e. The Bertz CT molecular complexity index is 303. The Morgan fingerprint density at radius 3 is 2.64 bits per heavy atom. The van der Waals surface area contributed by atoms with Crippen molar-refractivity contribution in [2.75, 3.05) is 19.0 Å². The first-order chi connectivity index (χ1) is 5.11. The van der Waals surface area contributed by atoms with Crippen molar-refractivity contribution in [3.05, 3.63) is 17.0 Å². The molecule has 0 fully saturated rings. The lowest BCUT2D eigenvalue weighted by atomic mass is 10.5. The molecule has 0 aliphatic rings. The van der Waals surface area contributed by atoms with E-state index < -0.39 is 0 Å². The van der Waals surface area contributed by atoms with Crippen molar-refractivity contribution in [2.45, 2.75) is 0 Å². The highest BCUT2D eigenvalue weighted by Gasteiger charge is 1.94. The fraction of sp³-hybridized carbons (Fsp3) is 0.429. The van der Waals surface area contributed by atoms with Gasteiger partial charge in [0.2, 0.25) is 4.77 Å². The van der Waals surface area contributed by atoms with Crippen molar-refractivity contribution in [2.24, 2.45) is 7.05 Å². The second-order valence-corrected chi connectivity index (χ2v) is 2.94. The molecule has 1 rings (SSSR count). The van der Waals surface area contributed by atoms with Gasteiger partial charge < -0.3 is 9.47 Å². The molecular formula is C7H11N3S. The van der Waals surface area contributed by atoms with Gasteiger partial charge in [-0.15, -0.1) is 0 Å². The van der Waals surface area contributed by atoms with E-state index in [0.29, 0.717) is 4.77 Å². The minimum atomic E-state index is 0.608. The van der Waals surface area contributed by atoms with E-state index in [1.807, 2.05) is 42.9 Å². The second-order valence-electron chi connectivity index (χ2n) is 2.57. The van der Waals surface area contributed by atoms with Crippen LogP contribution >= 0.6 is 12.2 Å². The molecule has 0 aliphatic heterocycles. The lowest BCUT2D eigenvalue weighted by molar-refractivity contribution is 0.835. The summed E-state index contributed by atoms with van der Waals surface area (Å²) in [4.78, 5) is 6.10. The van der Waals surface area contributed by atoms with E-state index >= 15 is 0 Å². The molecular weight excluding hydrogens is 158 g/mol. The zero-order valence-electron chi connectivity index (χ0n) is 6.90. The van der Waals surface area contributed by atoms with Crippen LogP contribution in [0.3, 0.4) is 0 Å². The second kappa shape index (κ2) is 3.00. The first-order valence-electron chi connectivity index (χ1n) is 3.32. The van der Waals surface area contributed by atoms with E-state index in [4.69, 9.17) is 12.2 Å². The number of aryl methyl sites for hydroxylation is 1. The van der Waals surface area contributed by atoms with Gasteiger partial charge in [-0.2, -0.15) is 0 Å². The Kier molecular flexibility index (Phi) is 2.24. The van der Waals surface area contributed by atoms with Crippen molar-refractivity contribution in [1.29, 1.82) is 0 Å². The van der Waals surface area contributed by atoms with E-state index in [0.717, 1.165) is 5.82 Å². The van der Waals surface area contributed by atoms with Gasteiger partial charge >= 0.3 is 0 Å². The quantitative estimate of drug-likeness (QED) is 0.590. The molecule has 0 radical (unpaired) electrons. The summed E-state index contributed by atoms with van der Waals surface area (Å²) < 4.78 is 2.42. The van der Waals surface area contributed by atoms with Crippen LogP contribution in [0.1, 0.15) is 0 Å². The van der Waals surface area contributed by atoms with Crippen LogP contribution in [0.2, 0.25) is 0 Å². The SMILES string of the molecule is CN(C)c1ccn(C)c(=S)n1. The maximum atomic E-state index is 4.99. The number of nitrogens with zero attached hydrogens (tertiary/aromatic N) is 3. The van der Waals surface area contributed by atoms with Gasteiger partial charge in [-0.3, -0.25) is 0 Å². The van der Waals surface area contributed by atoms with E-state index in [2.05, 4.69) is 4.98 Å². The van der Waals surface area contributed by atoms with Crippen LogP contribution in [-0.4, -0.2) is 23.6 Å². The summed E-state index contributed by atoms with van der Waals surface area (Å²) in [6.07, 6.45) is 1.91. The predicted molar refractivity (Wildman–Crippen MR) is 48.4 cm³/mol. The molecule has 1 aromatic heterocycles. The number of hydrogen-bond acceptors (Lipinski definition) is 3. The standard InChI is InChI=1S/C7H11N3S/c1-9(2)6-4-5-10(3)7(11)8-6/h4-5H,1-3H3. The Labute approximate surface area is 71.3 Å². The third kappa shape index (κ3) is 1.77. The van der Waals surface area contributed by atoms with Gasteiger partial charge in [0.15, 0.2) is 0 Å². The lowest BCUT2D eigenvalue weighted by Crippen LogP contribution is -2.11. The topological polar surface area (TPSA) is 21.1 Å². The lowest BCUT2D eigenvalue weighted by Gasteiger charge is -2.10. The Balaban J connectivity index is 3.16. The first-order valence-corrected chi connectivity index (χ1v) is 3.73. The summed E-state index contributed by atoms with van der Waals surface area (Å²) in [5, 5.41) is 0. The largest absolute Gasteiger partial charge is 0.363 e. The van der Waals surface area contributed by atoms with Crippen molar-refractivity contribution in [3.63, 3.8) is 0 Å². The van der Waals surface area contributed by atoms with E-state index in [1.165, 1.54) is 0 Å². The van der Waals surface area contributed by atoms with Crippen molar-refractivity contribution in [3.8, 4) is 0 Å².